The average molecular weight is 380 g/mol. The molecule has 0 aliphatic rings. The summed E-state index contributed by atoms with van der Waals surface area (Å²) in [7, 11) is 1.62. The number of aromatic amines is 1. The molecule has 0 bridgehead atoms. The van der Waals surface area contributed by atoms with Gasteiger partial charge in [-0.2, -0.15) is 9.61 Å². The van der Waals surface area contributed by atoms with Crippen LogP contribution >= 0.6 is 11.6 Å². The van der Waals surface area contributed by atoms with E-state index in [9.17, 15) is 4.79 Å². The van der Waals surface area contributed by atoms with Crippen LogP contribution in [0, 0.1) is 6.92 Å². The molecule has 27 heavy (non-hydrogen) atoms. The summed E-state index contributed by atoms with van der Waals surface area (Å²) in [4.78, 5) is 16.0. The van der Waals surface area contributed by atoms with Crippen molar-refractivity contribution in [3.05, 3.63) is 86.8 Å². The molecular formula is C21H18ClN3O2. The molecule has 2 aromatic carbocycles. The number of methoxy groups -OCH3 is 1. The fraction of sp³-hybridized carbons (Fsp3) is 0.143. The quantitative estimate of drug-likeness (QED) is 0.576. The highest BCUT2D eigenvalue weighted by atomic mass is 35.5. The monoisotopic (exact) mass is 379 g/mol. The summed E-state index contributed by atoms with van der Waals surface area (Å²) >= 11 is 6.32. The van der Waals surface area contributed by atoms with E-state index in [1.165, 1.54) is 4.52 Å². The average Bonchev–Trinajstić information content (AvgIpc) is 3.00. The molecule has 0 aliphatic heterocycles. The number of H-pyrrole nitrogens is 1. The predicted octanol–water partition coefficient (Wildman–Crippen LogP) is 4.25. The summed E-state index contributed by atoms with van der Waals surface area (Å²) < 4.78 is 6.61. The van der Waals surface area contributed by atoms with Gasteiger partial charge >= 0.3 is 0 Å². The third-order valence-corrected chi connectivity index (χ3v) is 5.01. The van der Waals surface area contributed by atoms with Crippen molar-refractivity contribution in [2.24, 2.45) is 0 Å². The molecule has 0 atom stereocenters. The zero-order chi connectivity index (χ0) is 19.0. The van der Waals surface area contributed by atoms with E-state index in [4.69, 9.17) is 16.3 Å². The molecule has 0 saturated carbocycles. The third kappa shape index (κ3) is 3.22. The second kappa shape index (κ2) is 6.93. The number of ether oxygens (including phenoxy) is 1. The molecule has 2 aromatic heterocycles. The molecule has 6 heteroatoms. The Morgan fingerprint density at radius 3 is 2.59 bits per heavy atom. The molecule has 136 valence electrons. The maximum Gasteiger partial charge on any atom is 0.274 e. The molecule has 5 nitrogen and oxygen atoms in total. The van der Waals surface area contributed by atoms with Crippen LogP contribution in [-0.2, 0) is 6.42 Å². The normalized spacial score (nSPS) is 11.1. The molecule has 0 radical (unpaired) electrons. The van der Waals surface area contributed by atoms with Gasteiger partial charge in [-0.1, -0.05) is 29.8 Å². The molecule has 0 amide bonds. The highest BCUT2D eigenvalue weighted by Crippen LogP contribution is 2.25. The van der Waals surface area contributed by atoms with Gasteiger partial charge in [-0.3, -0.25) is 4.79 Å². The zero-order valence-corrected chi connectivity index (χ0v) is 15.7. The van der Waals surface area contributed by atoms with Crippen LogP contribution in [0.25, 0.3) is 16.9 Å². The molecule has 0 unspecified atom stereocenters. The third-order valence-electron chi connectivity index (χ3n) is 4.64. The summed E-state index contributed by atoms with van der Waals surface area (Å²) in [5.41, 5.74) is 4.89. The number of aromatic nitrogens is 3. The number of rotatable bonds is 4. The molecule has 4 rings (SSSR count). The van der Waals surface area contributed by atoms with E-state index in [0.29, 0.717) is 17.1 Å². The van der Waals surface area contributed by atoms with E-state index in [2.05, 4.69) is 10.1 Å². The van der Waals surface area contributed by atoms with Crippen LogP contribution in [0.3, 0.4) is 0 Å². The van der Waals surface area contributed by atoms with Crippen molar-refractivity contribution in [2.45, 2.75) is 13.3 Å². The smallest absolute Gasteiger partial charge is 0.274 e. The van der Waals surface area contributed by atoms with Crippen LogP contribution in [0.1, 0.15) is 16.8 Å². The Labute approximate surface area is 161 Å². The minimum Gasteiger partial charge on any atom is -0.497 e. The summed E-state index contributed by atoms with van der Waals surface area (Å²) in [6.45, 7) is 1.90. The number of hydrogen-bond acceptors (Lipinski definition) is 3. The number of fused-ring (bicyclic) bond motifs is 1. The zero-order valence-electron chi connectivity index (χ0n) is 15.0. The van der Waals surface area contributed by atoms with Gasteiger partial charge in [0.25, 0.3) is 5.56 Å². The Bertz CT molecular complexity index is 1180. The van der Waals surface area contributed by atoms with Crippen LogP contribution in [0.2, 0.25) is 5.02 Å². The first kappa shape index (κ1) is 17.4. The van der Waals surface area contributed by atoms with E-state index < -0.39 is 0 Å². The molecule has 0 fully saturated rings. The van der Waals surface area contributed by atoms with Gasteiger partial charge in [-0.05, 0) is 48.4 Å². The van der Waals surface area contributed by atoms with Crippen LogP contribution in [0.15, 0.2) is 59.4 Å². The van der Waals surface area contributed by atoms with Gasteiger partial charge in [-0.25, -0.2) is 0 Å². The summed E-state index contributed by atoms with van der Waals surface area (Å²) in [6.07, 6.45) is 0.594. The van der Waals surface area contributed by atoms with Crippen LogP contribution in [-0.4, -0.2) is 21.7 Å². The van der Waals surface area contributed by atoms with Crippen LogP contribution in [0.4, 0.5) is 0 Å². The Hall–Kier alpha value is -3.05. The molecular weight excluding hydrogens is 362 g/mol. The minimum absolute atomic E-state index is 0.178. The lowest BCUT2D eigenvalue weighted by atomic mass is 10.1. The van der Waals surface area contributed by atoms with Gasteiger partial charge in [0.2, 0.25) is 0 Å². The summed E-state index contributed by atoms with van der Waals surface area (Å²) in [5, 5.41) is 5.11. The second-order valence-corrected chi connectivity index (χ2v) is 6.75. The van der Waals surface area contributed by atoms with Crippen molar-refractivity contribution in [2.75, 3.05) is 7.11 Å². The van der Waals surface area contributed by atoms with Gasteiger partial charge in [0.1, 0.15) is 11.4 Å². The molecule has 2 heterocycles. The minimum atomic E-state index is -0.178. The van der Waals surface area contributed by atoms with Gasteiger partial charge in [-0.15, -0.1) is 0 Å². The van der Waals surface area contributed by atoms with Gasteiger partial charge in [0, 0.05) is 23.1 Å². The molecule has 4 aromatic rings. The lowest BCUT2D eigenvalue weighted by Crippen LogP contribution is -2.14. The lowest BCUT2D eigenvalue weighted by Gasteiger charge is -2.07. The number of benzene rings is 2. The largest absolute Gasteiger partial charge is 0.497 e. The van der Waals surface area contributed by atoms with E-state index in [-0.39, 0.29) is 5.56 Å². The van der Waals surface area contributed by atoms with E-state index in [1.54, 1.807) is 13.2 Å². The van der Waals surface area contributed by atoms with Crippen molar-refractivity contribution in [1.29, 1.82) is 0 Å². The first-order chi connectivity index (χ1) is 13.1. The molecule has 0 aliphatic carbocycles. The Kier molecular flexibility index (Phi) is 4.46. The van der Waals surface area contributed by atoms with E-state index in [1.807, 2.05) is 55.5 Å². The Balaban J connectivity index is 1.85. The van der Waals surface area contributed by atoms with E-state index >= 15 is 0 Å². The lowest BCUT2D eigenvalue weighted by molar-refractivity contribution is 0.415. The van der Waals surface area contributed by atoms with Gasteiger partial charge in [0.05, 0.1) is 18.5 Å². The summed E-state index contributed by atoms with van der Waals surface area (Å²) in [6, 6.07) is 16.8. The Morgan fingerprint density at radius 2 is 1.89 bits per heavy atom. The maximum absolute atomic E-state index is 12.6. The summed E-state index contributed by atoms with van der Waals surface area (Å²) in [5.74, 6) is 0.766. The van der Waals surface area contributed by atoms with Gasteiger partial charge < -0.3 is 9.72 Å². The van der Waals surface area contributed by atoms with Crippen molar-refractivity contribution in [3.8, 4) is 17.0 Å². The molecule has 1 N–H and O–H groups in total. The number of halogens is 1. The highest BCUT2D eigenvalue weighted by Gasteiger charge is 2.15. The fourth-order valence-electron chi connectivity index (χ4n) is 3.17. The van der Waals surface area contributed by atoms with E-state index in [0.717, 1.165) is 33.8 Å². The second-order valence-electron chi connectivity index (χ2n) is 6.34. The number of aryl methyl sites for hydroxylation is 1. The molecule has 0 spiro atoms. The number of nitrogens with zero attached hydrogens (tertiary/aromatic N) is 2. The first-order valence-corrected chi connectivity index (χ1v) is 8.94. The number of nitrogens with one attached hydrogen (secondary N) is 1. The van der Waals surface area contributed by atoms with Crippen molar-refractivity contribution < 1.29 is 4.74 Å². The molecule has 0 saturated heterocycles. The maximum atomic E-state index is 12.6. The van der Waals surface area contributed by atoms with Gasteiger partial charge in [0.15, 0.2) is 0 Å². The van der Waals surface area contributed by atoms with Crippen molar-refractivity contribution in [1.82, 2.24) is 14.6 Å². The number of hydrogen-bond donors (Lipinski definition) is 1. The van der Waals surface area contributed by atoms with Crippen LogP contribution < -0.4 is 10.3 Å². The predicted molar refractivity (Wildman–Crippen MR) is 107 cm³/mol. The first-order valence-electron chi connectivity index (χ1n) is 8.56. The highest BCUT2D eigenvalue weighted by molar-refractivity contribution is 6.31. The van der Waals surface area contributed by atoms with Crippen molar-refractivity contribution >= 4 is 17.2 Å². The fourth-order valence-corrected chi connectivity index (χ4v) is 3.37. The standard InChI is InChI=1S/C21H18ClN3O2/c1-13-17(11-15-5-3-4-6-18(15)22)21-23-19(12-20(26)25(21)24-13)14-7-9-16(27-2)10-8-14/h3-10,12,23H,11H2,1-2H3. The Morgan fingerprint density at radius 1 is 1.15 bits per heavy atom. The SMILES string of the molecule is COc1ccc(-c2cc(=O)n3nc(C)c(Cc4ccccc4Cl)c3[nH]2)cc1. The van der Waals surface area contributed by atoms with Crippen molar-refractivity contribution in [3.63, 3.8) is 0 Å². The topological polar surface area (TPSA) is 59.4 Å². The van der Waals surface area contributed by atoms with Crippen LogP contribution in [0.5, 0.6) is 5.75 Å².